The third kappa shape index (κ3) is 3.14. The van der Waals surface area contributed by atoms with Crippen molar-refractivity contribution in [3.05, 3.63) is 63.6 Å². The van der Waals surface area contributed by atoms with E-state index in [1.165, 1.54) is 22.0 Å². The van der Waals surface area contributed by atoms with Crippen molar-refractivity contribution in [2.24, 2.45) is 0 Å². The molecule has 4 nitrogen and oxygen atoms in total. The van der Waals surface area contributed by atoms with Gasteiger partial charge < -0.3 is 5.84 Å². The van der Waals surface area contributed by atoms with Gasteiger partial charge in [-0.25, -0.2) is 4.68 Å². The third-order valence-corrected chi connectivity index (χ3v) is 5.19. The summed E-state index contributed by atoms with van der Waals surface area (Å²) in [7, 11) is 0. The highest BCUT2D eigenvalue weighted by atomic mass is 79.9. The number of rotatable bonds is 4. The molecular formula is C15H12BrClN4S. The van der Waals surface area contributed by atoms with Crippen LogP contribution in [0.25, 0.3) is 11.4 Å². The Bertz CT molecular complexity index is 806. The van der Waals surface area contributed by atoms with Crippen LogP contribution in [0.2, 0.25) is 5.02 Å². The molecule has 112 valence electrons. The largest absolute Gasteiger partial charge is 0.335 e. The van der Waals surface area contributed by atoms with Gasteiger partial charge in [-0.05, 0) is 23.8 Å². The molecule has 0 aliphatic carbocycles. The molecule has 3 aromatic rings. The number of hydrogen-bond donors (Lipinski definition) is 1. The lowest BCUT2D eigenvalue weighted by Gasteiger charge is -2.06. The van der Waals surface area contributed by atoms with Crippen molar-refractivity contribution in [1.29, 1.82) is 0 Å². The van der Waals surface area contributed by atoms with Crippen LogP contribution in [0.5, 0.6) is 0 Å². The number of aromatic nitrogens is 3. The lowest BCUT2D eigenvalue weighted by molar-refractivity contribution is 0.849. The highest BCUT2D eigenvalue weighted by molar-refractivity contribution is 9.10. The van der Waals surface area contributed by atoms with Crippen molar-refractivity contribution in [3.63, 3.8) is 0 Å². The fraction of sp³-hybridized carbons (Fsp3) is 0.0667. The van der Waals surface area contributed by atoms with Crippen molar-refractivity contribution < 1.29 is 0 Å². The van der Waals surface area contributed by atoms with Crippen molar-refractivity contribution in [2.45, 2.75) is 10.9 Å². The fourth-order valence-electron chi connectivity index (χ4n) is 1.96. The molecule has 3 rings (SSSR count). The molecule has 0 saturated carbocycles. The maximum atomic E-state index is 6.18. The molecule has 7 heteroatoms. The molecule has 0 aliphatic heterocycles. The van der Waals surface area contributed by atoms with Crippen LogP contribution in [0, 0.1) is 0 Å². The Labute approximate surface area is 145 Å². The summed E-state index contributed by atoms with van der Waals surface area (Å²) < 4.78 is 2.54. The molecule has 0 spiro atoms. The zero-order valence-electron chi connectivity index (χ0n) is 11.4. The molecule has 0 atom stereocenters. The SMILES string of the molecule is Nn1c(SCc2ccccc2Br)nnc1-c1ccccc1Cl. The maximum Gasteiger partial charge on any atom is 0.210 e. The summed E-state index contributed by atoms with van der Waals surface area (Å²) in [6, 6.07) is 15.5. The van der Waals surface area contributed by atoms with Crippen LogP contribution in [0.3, 0.4) is 0 Å². The molecule has 2 N–H and O–H groups in total. The van der Waals surface area contributed by atoms with E-state index in [-0.39, 0.29) is 0 Å². The van der Waals surface area contributed by atoms with Crippen LogP contribution in [-0.2, 0) is 5.75 Å². The van der Waals surface area contributed by atoms with E-state index in [2.05, 4.69) is 32.2 Å². The van der Waals surface area contributed by atoms with Gasteiger partial charge in [-0.1, -0.05) is 69.6 Å². The topological polar surface area (TPSA) is 56.7 Å². The number of halogens is 2. The molecule has 1 heterocycles. The molecule has 0 aliphatic rings. The summed E-state index contributed by atoms with van der Waals surface area (Å²) in [5, 5.41) is 9.55. The highest BCUT2D eigenvalue weighted by Gasteiger charge is 2.14. The maximum absolute atomic E-state index is 6.18. The van der Waals surface area contributed by atoms with Gasteiger partial charge in [0.2, 0.25) is 5.16 Å². The molecule has 2 aromatic carbocycles. The fourth-order valence-corrected chi connectivity index (χ4v) is 3.65. The minimum atomic E-state index is 0.556. The van der Waals surface area contributed by atoms with E-state index in [0.717, 1.165) is 15.8 Å². The average molecular weight is 396 g/mol. The number of nitrogens with two attached hydrogens (primary N) is 1. The summed E-state index contributed by atoms with van der Waals surface area (Å²) >= 11 is 11.2. The summed E-state index contributed by atoms with van der Waals surface area (Å²) in [4.78, 5) is 0. The van der Waals surface area contributed by atoms with Gasteiger partial charge in [-0.3, -0.25) is 0 Å². The van der Waals surface area contributed by atoms with Crippen LogP contribution in [0.4, 0.5) is 0 Å². The Hall–Kier alpha value is -1.50. The number of hydrogen-bond acceptors (Lipinski definition) is 4. The van der Waals surface area contributed by atoms with E-state index in [0.29, 0.717) is 16.0 Å². The van der Waals surface area contributed by atoms with Crippen LogP contribution >= 0.6 is 39.3 Å². The zero-order valence-corrected chi connectivity index (χ0v) is 14.6. The normalized spacial score (nSPS) is 10.8. The lowest BCUT2D eigenvalue weighted by Crippen LogP contribution is -2.11. The molecule has 22 heavy (non-hydrogen) atoms. The van der Waals surface area contributed by atoms with Gasteiger partial charge in [0.15, 0.2) is 5.82 Å². The Morgan fingerprint density at radius 3 is 2.59 bits per heavy atom. The van der Waals surface area contributed by atoms with E-state index in [9.17, 15) is 0 Å². The van der Waals surface area contributed by atoms with E-state index in [4.69, 9.17) is 17.4 Å². The van der Waals surface area contributed by atoms with Crippen LogP contribution < -0.4 is 5.84 Å². The number of benzene rings is 2. The summed E-state index contributed by atoms with van der Waals surface area (Å²) in [5.74, 6) is 7.41. The van der Waals surface area contributed by atoms with Gasteiger partial charge in [0.1, 0.15) is 0 Å². The van der Waals surface area contributed by atoms with E-state index in [1.54, 1.807) is 6.07 Å². The van der Waals surface area contributed by atoms with E-state index >= 15 is 0 Å². The minimum Gasteiger partial charge on any atom is -0.335 e. The van der Waals surface area contributed by atoms with Gasteiger partial charge in [0.05, 0.1) is 5.02 Å². The van der Waals surface area contributed by atoms with Crippen LogP contribution in [0.1, 0.15) is 5.56 Å². The molecule has 0 amide bonds. The van der Waals surface area contributed by atoms with Crippen molar-refractivity contribution in [1.82, 2.24) is 14.9 Å². The number of nitrogens with zero attached hydrogens (tertiary/aromatic N) is 3. The second kappa shape index (κ2) is 6.73. The van der Waals surface area contributed by atoms with Gasteiger partial charge in [0, 0.05) is 15.8 Å². The smallest absolute Gasteiger partial charge is 0.210 e. The monoisotopic (exact) mass is 394 g/mol. The number of nitrogen functional groups attached to an aromatic ring is 1. The Morgan fingerprint density at radius 1 is 1.09 bits per heavy atom. The first-order valence-corrected chi connectivity index (χ1v) is 8.64. The van der Waals surface area contributed by atoms with Gasteiger partial charge in [-0.15, -0.1) is 10.2 Å². The Balaban J connectivity index is 1.83. The Kier molecular flexibility index (Phi) is 4.71. The van der Waals surface area contributed by atoms with Crippen molar-refractivity contribution in [2.75, 3.05) is 5.84 Å². The first kappa shape index (κ1) is 15.4. The molecule has 1 aromatic heterocycles. The van der Waals surface area contributed by atoms with Crippen LogP contribution in [0.15, 0.2) is 58.2 Å². The van der Waals surface area contributed by atoms with Crippen LogP contribution in [-0.4, -0.2) is 14.9 Å². The molecule has 0 bridgehead atoms. The second-order valence-corrected chi connectivity index (χ2v) is 6.74. The molecule has 0 unspecified atom stereocenters. The summed E-state index contributed by atoms with van der Waals surface area (Å²) in [5.41, 5.74) is 1.95. The quantitative estimate of drug-likeness (QED) is 0.526. The van der Waals surface area contributed by atoms with E-state index in [1.807, 2.05) is 36.4 Å². The van der Waals surface area contributed by atoms with Crippen molar-refractivity contribution >= 4 is 39.3 Å². The van der Waals surface area contributed by atoms with E-state index < -0.39 is 0 Å². The van der Waals surface area contributed by atoms with Gasteiger partial charge >= 0.3 is 0 Å². The second-order valence-electron chi connectivity index (χ2n) is 4.54. The first-order valence-electron chi connectivity index (χ1n) is 6.48. The highest BCUT2D eigenvalue weighted by Crippen LogP contribution is 2.29. The Morgan fingerprint density at radius 2 is 1.82 bits per heavy atom. The molecule has 0 saturated heterocycles. The predicted molar refractivity (Wildman–Crippen MR) is 94.3 cm³/mol. The summed E-state index contributed by atoms with van der Waals surface area (Å²) in [6.07, 6.45) is 0. The minimum absolute atomic E-state index is 0.556. The molecule has 0 fully saturated rings. The lowest BCUT2D eigenvalue weighted by atomic mass is 10.2. The molecule has 0 radical (unpaired) electrons. The number of thioether (sulfide) groups is 1. The third-order valence-electron chi connectivity index (χ3n) is 3.09. The van der Waals surface area contributed by atoms with Gasteiger partial charge in [0.25, 0.3) is 0 Å². The average Bonchev–Trinajstić information content (AvgIpc) is 2.88. The zero-order chi connectivity index (χ0) is 15.5. The van der Waals surface area contributed by atoms with Gasteiger partial charge in [-0.2, -0.15) is 0 Å². The molecular weight excluding hydrogens is 384 g/mol. The van der Waals surface area contributed by atoms with Crippen molar-refractivity contribution in [3.8, 4) is 11.4 Å². The predicted octanol–water partition coefficient (Wildman–Crippen LogP) is 4.37. The first-order chi connectivity index (χ1) is 10.7. The summed E-state index contributed by atoms with van der Waals surface area (Å²) in [6.45, 7) is 0. The standard InChI is InChI=1S/C15H12BrClN4S/c16-12-7-3-1-5-10(12)9-22-15-20-19-14(21(15)18)11-6-2-4-8-13(11)17/h1-8H,9,18H2.